The minimum Gasteiger partial charge on any atom is -0.375 e. The van der Waals surface area contributed by atoms with Gasteiger partial charge in [-0.3, -0.25) is 4.68 Å². The molecule has 0 spiro atoms. The highest BCUT2D eigenvalue weighted by Crippen LogP contribution is 2.41. The summed E-state index contributed by atoms with van der Waals surface area (Å²) in [5.74, 6) is 0. The number of aryl methyl sites for hydroxylation is 1. The summed E-state index contributed by atoms with van der Waals surface area (Å²) in [7, 11) is -2.47. The van der Waals surface area contributed by atoms with Crippen LogP contribution >= 0.6 is 0 Å². The Bertz CT molecular complexity index is 1010. The third-order valence-electron chi connectivity index (χ3n) is 6.09. The smallest absolute Gasteiger partial charge is 0.375 e. The van der Waals surface area contributed by atoms with Crippen molar-refractivity contribution in [2.24, 2.45) is 7.05 Å². The molecule has 2 aliphatic rings. The standard InChI is InChI=1S/C21H25F3N2O3S/c1-26-13-15(12-25-26)14-6-9-20(19(10-14)21(22,23)24)30(27,28)18-8-7-17(11-18)29-16-4-2-3-5-16/h6,9-10,12-13,16-18H,2-5,7-8,11H2,1H3/t17-,18-/m1/s1. The van der Waals surface area contributed by atoms with Gasteiger partial charge in [0.25, 0.3) is 0 Å². The molecule has 0 amide bonds. The maximum atomic E-state index is 13.8. The van der Waals surface area contributed by atoms with Crippen LogP contribution in [-0.2, 0) is 27.8 Å². The van der Waals surface area contributed by atoms with Gasteiger partial charge in [0.15, 0.2) is 9.84 Å². The number of ether oxygens (including phenoxy) is 1. The van der Waals surface area contributed by atoms with Crippen molar-refractivity contribution in [3.05, 3.63) is 36.2 Å². The van der Waals surface area contributed by atoms with Crippen LogP contribution in [0.15, 0.2) is 35.5 Å². The van der Waals surface area contributed by atoms with Crippen LogP contribution in [0.2, 0.25) is 0 Å². The van der Waals surface area contributed by atoms with Gasteiger partial charge in [-0.15, -0.1) is 0 Å². The third kappa shape index (κ3) is 4.27. The minimum atomic E-state index is -4.78. The van der Waals surface area contributed by atoms with E-state index in [1.54, 1.807) is 13.2 Å². The number of hydrogen-bond acceptors (Lipinski definition) is 4. The van der Waals surface area contributed by atoms with Gasteiger partial charge in [-0.05, 0) is 49.8 Å². The molecule has 9 heteroatoms. The average Bonchev–Trinajstić information content (AvgIpc) is 3.43. The normalized spacial score (nSPS) is 23.3. The molecule has 164 valence electrons. The minimum absolute atomic E-state index is 0.154. The molecule has 0 bridgehead atoms. The summed E-state index contributed by atoms with van der Waals surface area (Å²) >= 11 is 0. The molecular weight excluding hydrogens is 417 g/mol. The molecule has 2 aromatic rings. The van der Waals surface area contributed by atoms with Crippen LogP contribution in [0.5, 0.6) is 0 Å². The van der Waals surface area contributed by atoms with Gasteiger partial charge >= 0.3 is 6.18 Å². The van der Waals surface area contributed by atoms with E-state index in [2.05, 4.69) is 5.10 Å². The summed E-state index contributed by atoms with van der Waals surface area (Å²) < 4.78 is 75.2. The second-order valence-electron chi connectivity index (χ2n) is 8.26. The zero-order chi connectivity index (χ0) is 21.5. The summed E-state index contributed by atoms with van der Waals surface area (Å²) in [5, 5.41) is 3.12. The van der Waals surface area contributed by atoms with Crippen molar-refractivity contribution in [1.29, 1.82) is 0 Å². The summed E-state index contributed by atoms with van der Waals surface area (Å²) in [4.78, 5) is -0.644. The van der Waals surface area contributed by atoms with E-state index >= 15 is 0 Å². The van der Waals surface area contributed by atoms with Crippen LogP contribution in [0.4, 0.5) is 13.2 Å². The Morgan fingerprint density at radius 1 is 1.07 bits per heavy atom. The Hall–Kier alpha value is -1.87. The van der Waals surface area contributed by atoms with Crippen molar-refractivity contribution in [2.45, 2.75) is 73.5 Å². The quantitative estimate of drug-likeness (QED) is 0.670. The van der Waals surface area contributed by atoms with Gasteiger partial charge in [0.2, 0.25) is 0 Å². The van der Waals surface area contributed by atoms with Crippen LogP contribution in [0.1, 0.15) is 50.5 Å². The second-order valence-corrected chi connectivity index (χ2v) is 10.5. The summed E-state index contributed by atoms with van der Waals surface area (Å²) in [5.41, 5.74) is -0.343. The second kappa shape index (κ2) is 8.00. The van der Waals surface area contributed by atoms with E-state index in [9.17, 15) is 21.6 Å². The van der Waals surface area contributed by atoms with Crippen molar-refractivity contribution in [2.75, 3.05) is 0 Å². The molecule has 0 radical (unpaired) electrons. The molecule has 0 N–H and O–H groups in total. The Morgan fingerprint density at radius 2 is 1.80 bits per heavy atom. The van der Waals surface area contributed by atoms with E-state index in [1.807, 2.05) is 0 Å². The molecule has 0 saturated heterocycles. The van der Waals surface area contributed by atoms with Crippen molar-refractivity contribution >= 4 is 9.84 Å². The number of sulfone groups is 1. The summed E-state index contributed by atoms with van der Waals surface area (Å²) in [6.07, 6.45) is 3.52. The first kappa shape index (κ1) is 21.4. The molecule has 0 unspecified atom stereocenters. The Kier molecular flexibility index (Phi) is 5.69. The first-order chi connectivity index (χ1) is 14.1. The predicted molar refractivity (Wildman–Crippen MR) is 106 cm³/mol. The number of halogens is 3. The number of rotatable bonds is 5. The number of nitrogens with zero attached hydrogens (tertiary/aromatic N) is 2. The lowest BCUT2D eigenvalue weighted by Gasteiger charge is -2.19. The first-order valence-corrected chi connectivity index (χ1v) is 11.8. The molecule has 5 nitrogen and oxygen atoms in total. The van der Waals surface area contributed by atoms with E-state index in [0.717, 1.165) is 37.8 Å². The molecule has 4 rings (SSSR count). The van der Waals surface area contributed by atoms with Gasteiger partial charge < -0.3 is 4.74 Å². The SMILES string of the molecule is Cn1cc(-c2ccc(S(=O)(=O)[C@@H]3CC[C@@H](OC4CCCC4)C3)c(C(F)(F)F)c2)cn1. The molecule has 2 aliphatic carbocycles. The molecule has 0 aliphatic heterocycles. The van der Waals surface area contributed by atoms with Crippen molar-refractivity contribution < 1.29 is 26.3 Å². The molecule has 30 heavy (non-hydrogen) atoms. The molecule has 1 heterocycles. The molecule has 2 saturated carbocycles. The molecule has 1 aromatic heterocycles. The van der Waals surface area contributed by atoms with E-state index in [4.69, 9.17) is 4.74 Å². The zero-order valence-corrected chi connectivity index (χ0v) is 17.5. The van der Waals surface area contributed by atoms with E-state index in [1.165, 1.54) is 16.9 Å². The highest BCUT2D eigenvalue weighted by molar-refractivity contribution is 7.92. The highest BCUT2D eigenvalue weighted by Gasteiger charge is 2.43. The molecule has 1 aromatic carbocycles. The van der Waals surface area contributed by atoms with Crippen molar-refractivity contribution in [3.8, 4) is 11.1 Å². The Balaban J connectivity index is 1.61. The lowest BCUT2D eigenvalue weighted by molar-refractivity contribution is -0.139. The largest absolute Gasteiger partial charge is 0.417 e. The van der Waals surface area contributed by atoms with Crippen LogP contribution < -0.4 is 0 Å². The first-order valence-electron chi connectivity index (χ1n) is 10.2. The predicted octanol–water partition coefficient (Wildman–Crippen LogP) is 4.76. The third-order valence-corrected chi connectivity index (χ3v) is 8.37. The highest BCUT2D eigenvalue weighted by atomic mass is 32.2. The monoisotopic (exact) mass is 442 g/mol. The van der Waals surface area contributed by atoms with Crippen LogP contribution in [0.3, 0.4) is 0 Å². The van der Waals surface area contributed by atoms with Crippen LogP contribution in [0, 0.1) is 0 Å². The van der Waals surface area contributed by atoms with Gasteiger partial charge in [-0.25, -0.2) is 8.42 Å². The maximum absolute atomic E-state index is 13.8. The number of aromatic nitrogens is 2. The number of alkyl halides is 3. The van der Waals surface area contributed by atoms with Crippen LogP contribution in [-0.4, -0.2) is 35.7 Å². The summed E-state index contributed by atoms with van der Waals surface area (Å²) in [6, 6.07) is 3.41. The Morgan fingerprint density at radius 3 is 2.43 bits per heavy atom. The fourth-order valence-electron chi connectivity index (χ4n) is 4.53. The lowest BCUT2D eigenvalue weighted by Crippen LogP contribution is -2.24. The van der Waals surface area contributed by atoms with E-state index in [-0.39, 0.29) is 24.2 Å². The maximum Gasteiger partial charge on any atom is 0.417 e. The molecule has 2 fully saturated rings. The van der Waals surface area contributed by atoms with Gasteiger partial charge in [-0.1, -0.05) is 18.9 Å². The van der Waals surface area contributed by atoms with E-state index < -0.39 is 31.7 Å². The van der Waals surface area contributed by atoms with Crippen molar-refractivity contribution in [3.63, 3.8) is 0 Å². The number of benzene rings is 1. The average molecular weight is 443 g/mol. The fraction of sp³-hybridized carbons (Fsp3) is 0.571. The van der Waals surface area contributed by atoms with Gasteiger partial charge in [0, 0.05) is 18.8 Å². The lowest BCUT2D eigenvalue weighted by atomic mass is 10.1. The topological polar surface area (TPSA) is 61.2 Å². The number of hydrogen-bond donors (Lipinski definition) is 0. The van der Waals surface area contributed by atoms with Gasteiger partial charge in [0.1, 0.15) is 0 Å². The van der Waals surface area contributed by atoms with Gasteiger partial charge in [0.05, 0.1) is 34.1 Å². The van der Waals surface area contributed by atoms with Crippen LogP contribution in [0.25, 0.3) is 11.1 Å². The van der Waals surface area contributed by atoms with E-state index in [0.29, 0.717) is 18.4 Å². The van der Waals surface area contributed by atoms with Gasteiger partial charge in [-0.2, -0.15) is 18.3 Å². The Labute approximate surface area is 174 Å². The molecular formula is C21H25F3N2O3S. The summed E-state index contributed by atoms with van der Waals surface area (Å²) in [6.45, 7) is 0. The molecule has 2 atom stereocenters. The van der Waals surface area contributed by atoms with Crippen molar-refractivity contribution in [1.82, 2.24) is 9.78 Å². The zero-order valence-electron chi connectivity index (χ0n) is 16.7. The fourth-order valence-corrected chi connectivity index (χ4v) is 6.54.